The Balaban J connectivity index is 1.37. The molecule has 1 heteroatoms. The van der Waals surface area contributed by atoms with Crippen molar-refractivity contribution in [2.24, 2.45) is 0 Å². The van der Waals surface area contributed by atoms with Crippen molar-refractivity contribution in [1.82, 2.24) is 0 Å². The third-order valence-corrected chi connectivity index (χ3v) is 7.21. The van der Waals surface area contributed by atoms with Gasteiger partial charge in [0.2, 0.25) is 0 Å². The number of anilines is 3. The van der Waals surface area contributed by atoms with Gasteiger partial charge in [-0.15, -0.1) is 0 Å². The lowest BCUT2D eigenvalue weighted by molar-refractivity contribution is 1.29. The molecule has 0 saturated heterocycles. The maximum absolute atomic E-state index is 2.33. The monoisotopic (exact) mass is 471 g/mol. The van der Waals surface area contributed by atoms with Crippen LogP contribution in [-0.2, 0) is 0 Å². The Kier molecular flexibility index (Phi) is 5.19. The van der Waals surface area contributed by atoms with Gasteiger partial charge in [0.1, 0.15) is 0 Å². The van der Waals surface area contributed by atoms with Crippen LogP contribution in [0.2, 0.25) is 0 Å². The average Bonchev–Trinajstić information content (AvgIpc) is 2.98. The van der Waals surface area contributed by atoms with E-state index >= 15 is 0 Å². The molecule has 0 amide bonds. The molecule has 7 rings (SSSR count). The lowest BCUT2D eigenvalue weighted by atomic mass is 9.93. The van der Waals surface area contributed by atoms with Crippen molar-refractivity contribution in [1.29, 1.82) is 0 Å². The molecule has 0 bridgehead atoms. The summed E-state index contributed by atoms with van der Waals surface area (Å²) in [7, 11) is 0. The molecule has 0 aliphatic heterocycles. The minimum Gasteiger partial charge on any atom is -0.310 e. The predicted octanol–water partition coefficient (Wildman–Crippen LogP) is 10.3. The van der Waals surface area contributed by atoms with Crippen molar-refractivity contribution in [2.45, 2.75) is 0 Å². The summed E-state index contributed by atoms with van der Waals surface area (Å²) in [5.41, 5.74) is 5.90. The summed E-state index contributed by atoms with van der Waals surface area (Å²) in [6.07, 6.45) is 0. The number of nitrogens with zero attached hydrogens (tertiary/aromatic N) is 1. The van der Waals surface area contributed by atoms with Crippen LogP contribution in [0.15, 0.2) is 152 Å². The normalized spacial score (nSPS) is 11.2. The second-order valence-electron chi connectivity index (χ2n) is 9.44. The van der Waals surface area contributed by atoms with Crippen LogP contribution in [0.3, 0.4) is 0 Å². The van der Waals surface area contributed by atoms with E-state index in [1.165, 1.54) is 43.4 Å². The minimum absolute atomic E-state index is 1.13. The van der Waals surface area contributed by atoms with Crippen LogP contribution < -0.4 is 4.90 Å². The van der Waals surface area contributed by atoms with Crippen molar-refractivity contribution < 1.29 is 0 Å². The Hall–Kier alpha value is -4.88. The van der Waals surface area contributed by atoms with Crippen LogP contribution in [0.4, 0.5) is 17.1 Å². The topological polar surface area (TPSA) is 3.24 Å². The minimum atomic E-state index is 1.13. The number of rotatable bonds is 4. The van der Waals surface area contributed by atoms with Gasteiger partial charge in [-0.3, -0.25) is 0 Å². The van der Waals surface area contributed by atoms with Gasteiger partial charge in [0, 0.05) is 17.1 Å². The number of fused-ring (bicyclic) bond motifs is 4. The van der Waals surface area contributed by atoms with E-state index in [0.29, 0.717) is 0 Å². The number of hydrogen-bond donors (Lipinski definition) is 0. The van der Waals surface area contributed by atoms with Gasteiger partial charge in [-0.2, -0.15) is 0 Å². The molecule has 37 heavy (non-hydrogen) atoms. The van der Waals surface area contributed by atoms with Gasteiger partial charge in [-0.05, 0) is 85.9 Å². The summed E-state index contributed by atoms with van der Waals surface area (Å²) in [5.74, 6) is 0. The maximum Gasteiger partial charge on any atom is 0.0468 e. The van der Waals surface area contributed by atoms with E-state index in [4.69, 9.17) is 0 Å². The summed E-state index contributed by atoms with van der Waals surface area (Å²) in [5, 5.41) is 7.62. The molecule has 7 aromatic rings. The highest BCUT2D eigenvalue weighted by molar-refractivity contribution is 6.13. The molecule has 0 spiro atoms. The molecule has 0 aliphatic rings. The van der Waals surface area contributed by atoms with E-state index in [1.807, 2.05) is 0 Å². The fourth-order valence-corrected chi connectivity index (χ4v) is 5.42. The molecule has 0 saturated carbocycles. The fraction of sp³-hybridized carbons (Fsp3) is 0. The van der Waals surface area contributed by atoms with Gasteiger partial charge in [0.05, 0.1) is 0 Å². The second kappa shape index (κ2) is 8.96. The molecule has 0 N–H and O–H groups in total. The van der Waals surface area contributed by atoms with Gasteiger partial charge >= 0.3 is 0 Å². The maximum atomic E-state index is 2.33. The molecule has 0 aromatic heterocycles. The molecule has 0 heterocycles. The zero-order valence-electron chi connectivity index (χ0n) is 20.4. The highest BCUT2D eigenvalue weighted by Gasteiger charge is 2.14. The lowest BCUT2D eigenvalue weighted by Crippen LogP contribution is -2.09. The Morgan fingerprint density at radius 1 is 0.324 bits per heavy atom. The third-order valence-electron chi connectivity index (χ3n) is 7.21. The van der Waals surface area contributed by atoms with Crippen molar-refractivity contribution in [3.63, 3.8) is 0 Å². The van der Waals surface area contributed by atoms with Gasteiger partial charge in [0.25, 0.3) is 0 Å². The van der Waals surface area contributed by atoms with Gasteiger partial charge in [-0.1, -0.05) is 109 Å². The van der Waals surface area contributed by atoms with Crippen molar-refractivity contribution in [2.75, 3.05) is 4.90 Å². The van der Waals surface area contributed by atoms with Crippen LogP contribution in [0.5, 0.6) is 0 Å². The fourth-order valence-electron chi connectivity index (χ4n) is 5.42. The summed E-state index contributed by atoms with van der Waals surface area (Å²) < 4.78 is 0. The predicted molar refractivity (Wildman–Crippen MR) is 159 cm³/mol. The van der Waals surface area contributed by atoms with E-state index < -0.39 is 0 Å². The molecule has 0 aliphatic carbocycles. The van der Waals surface area contributed by atoms with Crippen LogP contribution in [0.1, 0.15) is 0 Å². The van der Waals surface area contributed by atoms with Crippen LogP contribution in [0.25, 0.3) is 43.4 Å². The Morgan fingerprint density at radius 3 is 1.68 bits per heavy atom. The van der Waals surface area contributed by atoms with Crippen LogP contribution in [-0.4, -0.2) is 0 Å². The summed E-state index contributed by atoms with van der Waals surface area (Å²) >= 11 is 0. The van der Waals surface area contributed by atoms with Gasteiger partial charge in [-0.25, -0.2) is 0 Å². The second-order valence-corrected chi connectivity index (χ2v) is 9.44. The summed E-state index contributed by atoms with van der Waals surface area (Å²) in [4.78, 5) is 2.33. The quantitative estimate of drug-likeness (QED) is 0.231. The smallest absolute Gasteiger partial charge is 0.0468 e. The first-order chi connectivity index (χ1) is 18.3. The summed E-state index contributed by atoms with van der Waals surface area (Å²) in [6.45, 7) is 0. The van der Waals surface area contributed by atoms with Crippen molar-refractivity contribution in [3.8, 4) is 11.1 Å². The molecule has 174 valence electrons. The Labute approximate surface area is 216 Å². The molecular weight excluding hydrogens is 446 g/mol. The van der Waals surface area contributed by atoms with Crippen LogP contribution >= 0.6 is 0 Å². The van der Waals surface area contributed by atoms with E-state index in [2.05, 4.69) is 157 Å². The molecule has 0 fully saturated rings. The standard InChI is InChI=1S/C36H25N/c1-2-13-30(14-3-1)37(32-23-18-26-10-4-5-11-28(26)24-32)31-21-19-27(20-22-31)36-25-29-12-6-7-15-33(29)34-16-8-9-17-35(34)36/h1-25H. The summed E-state index contributed by atoms with van der Waals surface area (Å²) in [6, 6.07) is 54.5. The number of para-hydroxylation sites is 1. The first-order valence-corrected chi connectivity index (χ1v) is 12.7. The number of benzene rings is 7. The molecule has 0 unspecified atom stereocenters. The first-order valence-electron chi connectivity index (χ1n) is 12.7. The average molecular weight is 472 g/mol. The SMILES string of the molecule is c1ccc(N(c2ccc(-c3cc4ccccc4c4ccccc34)cc2)c2ccc3ccccc3c2)cc1. The third kappa shape index (κ3) is 3.82. The van der Waals surface area contributed by atoms with E-state index in [0.717, 1.165) is 17.1 Å². The van der Waals surface area contributed by atoms with Crippen molar-refractivity contribution in [3.05, 3.63) is 152 Å². The molecule has 0 radical (unpaired) electrons. The molecule has 1 nitrogen and oxygen atoms in total. The van der Waals surface area contributed by atoms with E-state index in [-0.39, 0.29) is 0 Å². The zero-order valence-corrected chi connectivity index (χ0v) is 20.4. The highest BCUT2D eigenvalue weighted by Crippen LogP contribution is 2.39. The number of hydrogen-bond acceptors (Lipinski definition) is 1. The van der Waals surface area contributed by atoms with E-state index in [9.17, 15) is 0 Å². The molecule has 7 aromatic carbocycles. The van der Waals surface area contributed by atoms with E-state index in [1.54, 1.807) is 0 Å². The Bertz CT molecular complexity index is 1870. The molecule has 0 atom stereocenters. The van der Waals surface area contributed by atoms with Crippen LogP contribution in [0, 0.1) is 0 Å². The van der Waals surface area contributed by atoms with Gasteiger partial charge in [0.15, 0.2) is 0 Å². The lowest BCUT2D eigenvalue weighted by Gasteiger charge is -2.26. The Morgan fingerprint density at radius 2 is 0.892 bits per heavy atom. The largest absolute Gasteiger partial charge is 0.310 e. The zero-order chi connectivity index (χ0) is 24.6. The first kappa shape index (κ1) is 21.4. The van der Waals surface area contributed by atoms with Gasteiger partial charge < -0.3 is 4.90 Å². The van der Waals surface area contributed by atoms with Crippen molar-refractivity contribution >= 4 is 49.4 Å². The highest BCUT2D eigenvalue weighted by atomic mass is 15.1. The molecular formula is C36H25N.